The molecule has 2 heterocycles. The van der Waals surface area contributed by atoms with Gasteiger partial charge in [-0.3, -0.25) is 4.79 Å². The van der Waals surface area contributed by atoms with Crippen molar-refractivity contribution in [2.24, 2.45) is 0 Å². The van der Waals surface area contributed by atoms with Gasteiger partial charge < -0.3 is 9.88 Å². The van der Waals surface area contributed by atoms with Crippen molar-refractivity contribution < 1.29 is 4.79 Å². The minimum Gasteiger partial charge on any atom is -0.351 e. The number of para-hydroxylation sites is 1. The van der Waals surface area contributed by atoms with Crippen LogP contribution in [0.25, 0.3) is 22.1 Å². The molecule has 28 heavy (non-hydrogen) atoms. The van der Waals surface area contributed by atoms with Crippen molar-refractivity contribution in [2.45, 2.75) is 37.3 Å². The minimum absolute atomic E-state index is 0.0476. The molecule has 4 rings (SSSR count). The fourth-order valence-corrected chi connectivity index (χ4v) is 3.93. The van der Waals surface area contributed by atoms with Gasteiger partial charge in [0.15, 0.2) is 5.65 Å². The Kier molecular flexibility index (Phi) is 5.25. The maximum atomic E-state index is 12.4. The highest BCUT2D eigenvalue weighted by Crippen LogP contribution is 2.28. The molecule has 4 aromatic rings. The zero-order chi connectivity index (χ0) is 19.5. The van der Waals surface area contributed by atoms with Crippen LogP contribution in [0, 0.1) is 0 Å². The molecular weight excluding hydrogens is 370 g/mol. The van der Waals surface area contributed by atoms with Crippen molar-refractivity contribution in [3.63, 3.8) is 0 Å². The molecule has 0 aliphatic rings. The first-order valence-electron chi connectivity index (χ1n) is 9.27. The Bertz CT molecular complexity index is 1130. The van der Waals surface area contributed by atoms with Crippen molar-refractivity contribution in [1.29, 1.82) is 0 Å². The molecule has 2 aromatic heterocycles. The number of carbonyl (C=O) groups is 1. The molecule has 0 aliphatic carbocycles. The second-order valence-electron chi connectivity index (χ2n) is 6.49. The Hall–Kier alpha value is -2.93. The second kappa shape index (κ2) is 7.98. The number of aryl methyl sites for hydroxylation is 1. The van der Waals surface area contributed by atoms with Gasteiger partial charge in [-0.25, -0.2) is 4.98 Å². The molecule has 0 spiro atoms. The third kappa shape index (κ3) is 3.57. The number of fused-ring (bicyclic) bond motifs is 3. The van der Waals surface area contributed by atoms with Gasteiger partial charge >= 0.3 is 0 Å². The van der Waals surface area contributed by atoms with Crippen LogP contribution in [0.2, 0.25) is 0 Å². The summed E-state index contributed by atoms with van der Waals surface area (Å²) in [4.78, 5) is 17.1. The lowest BCUT2D eigenvalue weighted by Gasteiger charge is -2.11. The minimum atomic E-state index is -0.317. The highest BCUT2D eigenvalue weighted by molar-refractivity contribution is 8.00. The molecule has 0 saturated heterocycles. The van der Waals surface area contributed by atoms with Gasteiger partial charge in [0.1, 0.15) is 5.52 Å². The molecule has 0 radical (unpaired) electrons. The number of nitrogens with one attached hydrogen (secondary N) is 1. The van der Waals surface area contributed by atoms with Crippen LogP contribution in [0.15, 0.2) is 59.8 Å². The molecular formula is C21H21N5OS. The summed E-state index contributed by atoms with van der Waals surface area (Å²) >= 11 is 1.32. The summed E-state index contributed by atoms with van der Waals surface area (Å²) in [7, 11) is 0. The number of rotatable bonds is 6. The van der Waals surface area contributed by atoms with E-state index in [1.165, 1.54) is 11.8 Å². The van der Waals surface area contributed by atoms with Gasteiger partial charge in [-0.15, -0.1) is 10.2 Å². The summed E-state index contributed by atoms with van der Waals surface area (Å²) in [6.45, 7) is 5.24. The van der Waals surface area contributed by atoms with E-state index in [0.29, 0.717) is 11.7 Å². The first-order valence-corrected chi connectivity index (χ1v) is 10.1. The summed E-state index contributed by atoms with van der Waals surface area (Å²) in [5.41, 5.74) is 3.76. The van der Waals surface area contributed by atoms with Crippen LogP contribution < -0.4 is 5.32 Å². The predicted molar refractivity (Wildman–Crippen MR) is 112 cm³/mol. The number of benzene rings is 2. The number of aromatic nitrogens is 4. The van der Waals surface area contributed by atoms with E-state index in [9.17, 15) is 4.79 Å². The maximum Gasteiger partial charge on any atom is 0.233 e. The zero-order valence-corrected chi connectivity index (χ0v) is 16.6. The number of hydrogen-bond acceptors (Lipinski definition) is 5. The standard InChI is InChI=1S/C21H21N5OS/c1-3-26-17-12-8-7-11-16(17)18-19(26)23-21(25-24-18)28-14(2)20(27)22-13-15-9-5-4-6-10-15/h4-12,14H,3,13H2,1-2H3,(H,22,27)/t14-/m0/s1. The number of nitrogens with zero attached hydrogens (tertiary/aromatic N) is 4. The lowest BCUT2D eigenvalue weighted by atomic mass is 10.2. The van der Waals surface area contributed by atoms with Crippen LogP contribution in [0.1, 0.15) is 19.4 Å². The van der Waals surface area contributed by atoms with E-state index < -0.39 is 0 Å². The smallest absolute Gasteiger partial charge is 0.233 e. The van der Waals surface area contributed by atoms with Crippen molar-refractivity contribution in [3.8, 4) is 0 Å². The number of thioether (sulfide) groups is 1. The largest absolute Gasteiger partial charge is 0.351 e. The van der Waals surface area contributed by atoms with Gasteiger partial charge in [0.05, 0.1) is 10.8 Å². The van der Waals surface area contributed by atoms with Crippen molar-refractivity contribution >= 4 is 39.7 Å². The van der Waals surface area contributed by atoms with Crippen molar-refractivity contribution in [2.75, 3.05) is 0 Å². The lowest BCUT2D eigenvalue weighted by molar-refractivity contribution is -0.120. The maximum absolute atomic E-state index is 12.4. The van der Waals surface area contributed by atoms with Gasteiger partial charge in [-0.05, 0) is 25.5 Å². The third-order valence-corrected chi connectivity index (χ3v) is 5.58. The van der Waals surface area contributed by atoms with E-state index in [1.54, 1.807) is 0 Å². The molecule has 0 bridgehead atoms. The second-order valence-corrected chi connectivity index (χ2v) is 7.80. The Balaban J connectivity index is 1.52. The van der Waals surface area contributed by atoms with E-state index in [1.807, 2.05) is 55.5 Å². The van der Waals surface area contributed by atoms with Crippen molar-refractivity contribution in [1.82, 2.24) is 25.1 Å². The fraction of sp³-hybridized carbons (Fsp3) is 0.238. The summed E-state index contributed by atoms with van der Waals surface area (Å²) in [6.07, 6.45) is 0. The van der Waals surface area contributed by atoms with Gasteiger partial charge in [0.2, 0.25) is 11.1 Å². The SMILES string of the molecule is CCn1c2ccccc2c2nnc(S[C@@H](C)C(=O)NCc3ccccc3)nc21. The average molecular weight is 392 g/mol. The lowest BCUT2D eigenvalue weighted by Crippen LogP contribution is -2.30. The molecule has 1 amide bonds. The molecule has 6 nitrogen and oxygen atoms in total. The topological polar surface area (TPSA) is 72.7 Å². The van der Waals surface area contributed by atoms with Gasteiger partial charge in [-0.2, -0.15) is 0 Å². The average Bonchev–Trinajstić information content (AvgIpc) is 3.05. The molecule has 7 heteroatoms. The number of carbonyl (C=O) groups excluding carboxylic acids is 1. The van der Waals surface area contributed by atoms with E-state index in [0.717, 1.165) is 34.2 Å². The molecule has 2 aromatic carbocycles. The van der Waals surface area contributed by atoms with Crippen LogP contribution in [0.4, 0.5) is 0 Å². The van der Waals surface area contributed by atoms with E-state index in [2.05, 4.69) is 33.1 Å². The van der Waals surface area contributed by atoms with Crippen LogP contribution in [-0.2, 0) is 17.9 Å². The molecule has 0 unspecified atom stereocenters. The monoisotopic (exact) mass is 391 g/mol. The molecule has 1 N–H and O–H groups in total. The quantitative estimate of drug-likeness (QED) is 0.506. The Morgan fingerprint density at radius 3 is 2.64 bits per heavy atom. The predicted octanol–water partition coefficient (Wildman–Crippen LogP) is 3.80. The summed E-state index contributed by atoms with van der Waals surface area (Å²) in [6, 6.07) is 18.0. The van der Waals surface area contributed by atoms with Crippen LogP contribution in [0.5, 0.6) is 0 Å². The third-order valence-electron chi connectivity index (χ3n) is 4.63. The summed E-state index contributed by atoms with van der Waals surface area (Å²) in [5, 5.41) is 12.8. The van der Waals surface area contributed by atoms with Crippen LogP contribution in [0.3, 0.4) is 0 Å². The van der Waals surface area contributed by atoms with Crippen LogP contribution in [-0.4, -0.2) is 30.9 Å². The fourth-order valence-electron chi connectivity index (χ4n) is 3.20. The summed E-state index contributed by atoms with van der Waals surface area (Å²) in [5.74, 6) is -0.0476. The van der Waals surface area contributed by atoms with Gasteiger partial charge in [0, 0.05) is 18.5 Å². The van der Waals surface area contributed by atoms with E-state index >= 15 is 0 Å². The zero-order valence-electron chi connectivity index (χ0n) is 15.8. The van der Waals surface area contributed by atoms with E-state index in [4.69, 9.17) is 4.98 Å². The number of amides is 1. The highest BCUT2D eigenvalue weighted by Gasteiger charge is 2.18. The molecule has 0 fully saturated rings. The molecule has 142 valence electrons. The van der Waals surface area contributed by atoms with Gasteiger partial charge in [-0.1, -0.05) is 60.3 Å². The van der Waals surface area contributed by atoms with Gasteiger partial charge in [0.25, 0.3) is 0 Å². The first kappa shape index (κ1) is 18.4. The summed E-state index contributed by atoms with van der Waals surface area (Å²) < 4.78 is 2.13. The Morgan fingerprint density at radius 2 is 1.86 bits per heavy atom. The van der Waals surface area contributed by atoms with Crippen molar-refractivity contribution in [3.05, 3.63) is 60.2 Å². The highest BCUT2D eigenvalue weighted by atomic mass is 32.2. The van der Waals surface area contributed by atoms with Crippen LogP contribution >= 0.6 is 11.8 Å². The molecule has 0 aliphatic heterocycles. The van der Waals surface area contributed by atoms with E-state index in [-0.39, 0.29) is 11.2 Å². The molecule has 1 atom stereocenters. The molecule has 0 saturated carbocycles. The first-order chi connectivity index (χ1) is 13.7. The number of hydrogen-bond donors (Lipinski definition) is 1. The Morgan fingerprint density at radius 1 is 1.11 bits per heavy atom. The Labute approximate surface area is 167 Å². The normalized spacial score (nSPS) is 12.4.